The molecule has 1 amide bonds. The molecule has 0 saturated carbocycles. The lowest BCUT2D eigenvalue weighted by molar-refractivity contribution is -0.137. The van der Waals surface area contributed by atoms with Gasteiger partial charge in [0.1, 0.15) is 0 Å². The van der Waals surface area contributed by atoms with E-state index < -0.39 is 22.8 Å². The zero-order valence-corrected chi connectivity index (χ0v) is 17.7. The maximum atomic E-state index is 13.0. The van der Waals surface area contributed by atoms with Gasteiger partial charge in [-0.25, -0.2) is 4.98 Å². The van der Waals surface area contributed by atoms with Crippen molar-refractivity contribution >= 4 is 39.7 Å². The first-order valence-corrected chi connectivity index (χ1v) is 10.5. The van der Waals surface area contributed by atoms with Gasteiger partial charge in [0.05, 0.1) is 22.3 Å². The highest BCUT2D eigenvalue weighted by Crippen LogP contribution is 2.36. The molecule has 2 heterocycles. The maximum absolute atomic E-state index is 13.0. The lowest BCUT2D eigenvalue weighted by Crippen LogP contribution is -2.44. The predicted octanol–water partition coefficient (Wildman–Crippen LogP) is 4.66. The van der Waals surface area contributed by atoms with Crippen LogP contribution in [0.4, 0.5) is 24.0 Å². The maximum Gasteiger partial charge on any atom is 0.417 e. The van der Waals surface area contributed by atoms with Crippen LogP contribution in [0.1, 0.15) is 24.6 Å². The van der Waals surface area contributed by atoms with Crippen molar-refractivity contribution in [1.82, 2.24) is 9.88 Å². The summed E-state index contributed by atoms with van der Waals surface area (Å²) in [7, 11) is 0. The second kappa shape index (κ2) is 8.89. The number of anilines is 2. The van der Waals surface area contributed by atoms with Crippen molar-refractivity contribution in [3.05, 3.63) is 39.9 Å². The van der Waals surface area contributed by atoms with Gasteiger partial charge in [-0.05, 0) is 38.5 Å². The van der Waals surface area contributed by atoms with Crippen LogP contribution in [0.2, 0.25) is 5.02 Å². The normalized spacial score (nSPS) is 17.1. The van der Waals surface area contributed by atoms with Crippen LogP contribution in [0.25, 0.3) is 0 Å². The van der Waals surface area contributed by atoms with Crippen LogP contribution in [0, 0.1) is 6.92 Å². The Labute approximate surface area is 176 Å². The smallest absolute Gasteiger partial charge is 0.347 e. The summed E-state index contributed by atoms with van der Waals surface area (Å²) in [6, 6.07) is 2.90. The summed E-state index contributed by atoms with van der Waals surface area (Å²) in [5.41, 5.74) is 0.0992. The van der Waals surface area contributed by atoms with Crippen LogP contribution in [-0.4, -0.2) is 48.0 Å². The molecule has 1 aromatic heterocycles. The van der Waals surface area contributed by atoms with Crippen molar-refractivity contribution in [2.45, 2.75) is 32.5 Å². The van der Waals surface area contributed by atoms with E-state index in [1.54, 1.807) is 18.3 Å². The van der Waals surface area contributed by atoms with E-state index in [1.165, 1.54) is 6.07 Å². The summed E-state index contributed by atoms with van der Waals surface area (Å²) in [6.07, 6.45) is -3.71. The highest BCUT2D eigenvalue weighted by molar-refractivity contribution is 7.13. The number of aromatic nitrogens is 1. The van der Waals surface area contributed by atoms with Crippen molar-refractivity contribution in [2.24, 2.45) is 0 Å². The number of benzene rings is 1. The van der Waals surface area contributed by atoms with Gasteiger partial charge in [0.15, 0.2) is 5.13 Å². The number of halogens is 4. The third kappa shape index (κ3) is 5.40. The fraction of sp³-hybridized carbons (Fsp3) is 0.474. The van der Waals surface area contributed by atoms with Crippen LogP contribution in [0.5, 0.6) is 0 Å². The molecule has 0 aliphatic carbocycles. The Morgan fingerprint density at radius 3 is 2.69 bits per heavy atom. The molecule has 1 saturated heterocycles. The number of carbonyl (C=O) groups excluding carboxylic acids is 1. The Balaban J connectivity index is 1.63. The Bertz CT molecular complexity index is 873. The van der Waals surface area contributed by atoms with Gasteiger partial charge in [0, 0.05) is 37.2 Å². The number of aryl methyl sites for hydroxylation is 1. The van der Waals surface area contributed by atoms with E-state index >= 15 is 0 Å². The average molecular weight is 447 g/mol. The van der Waals surface area contributed by atoms with E-state index in [9.17, 15) is 18.0 Å². The van der Waals surface area contributed by atoms with Crippen molar-refractivity contribution in [3.63, 3.8) is 0 Å². The fourth-order valence-electron chi connectivity index (χ4n) is 3.24. The first kappa shape index (κ1) is 21.9. The van der Waals surface area contributed by atoms with Gasteiger partial charge in [0.2, 0.25) is 5.91 Å². The zero-order valence-electron chi connectivity index (χ0n) is 16.1. The lowest BCUT2D eigenvalue weighted by atomic mass is 10.1. The van der Waals surface area contributed by atoms with E-state index in [-0.39, 0.29) is 11.6 Å². The summed E-state index contributed by atoms with van der Waals surface area (Å²) in [5, 5.41) is 5.17. The number of carbonyl (C=O) groups is 1. The highest BCUT2D eigenvalue weighted by Gasteiger charge is 2.33. The summed E-state index contributed by atoms with van der Waals surface area (Å²) in [6.45, 7) is 6.70. The first-order chi connectivity index (χ1) is 13.6. The molecule has 10 heteroatoms. The third-order valence-electron chi connectivity index (χ3n) is 4.87. The SMILES string of the molecule is Cc1csc(N2CCCN(C(C)C(=O)Nc3ccc(Cl)c(C(F)(F)F)c3)CC2)n1. The molecule has 1 aromatic carbocycles. The average Bonchev–Trinajstić information content (AvgIpc) is 2.94. The standard InChI is InChI=1S/C19H22ClF3N4OS/c1-12-11-29-18(24-12)27-7-3-6-26(8-9-27)13(2)17(28)25-14-4-5-16(20)15(10-14)19(21,22)23/h4-5,10-11,13H,3,6-9H2,1-2H3,(H,25,28). The number of alkyl halides is 3. The molecule has 158 valence electrons. The van der Waals surface area contributed by atoms with Gasteiger partial charge in [0.25, 0.3) is 0 Å². The molecule has 1 fully saturated rings. The molecule has 3 rings (SSSR count). The molecule has 5 nitrogen and oxygen atoms in total. The minimum Gasteiger partial charge on any atom is -0.347 e. The number of nitrogens with zero attached hydrogens (tertiary/aromatic N) is 3. The van der Waals surface area contributed by atoms with Crippen LogP contribution in [0.15, 0.2) is 23.6 Å². The quantitative estimate of drug-likeness (QED) is 0.741. The van der Waals surface area contributed by atoms with Gasteiger partial charge in [-0.1, -0.05) is 11.6 Å². The second-order valence-electron chi connectivity index (χ2n) is 7.01. The molecule has 0 radical (unpaired) electrons. The molecule has 0 spiro atoms. The Morgan fingerprint density at radius 2 is 2.03 bits per heavy atom. The van der Waals surface area contributed by atoms with Gasteiger partial charge in [-0.3, -0.25) is 9.69 Å². The summed E-state index contributed by atoms with van der Waals surface area (Å²) in [5.74, 6) is -0.348. The summed E-state index contributed by atoms with van der Waals surface area (Å²) >= 11 is 7.24. The van der Waals surface area contributed by atoms with Gasteiger partial charge >= 0.3 is 6.18 Å². The number of rotatable bonds is 4. The molecule has 1 aliphatic rings. The lowest BCUT2D eigenvalue weighted by Gasteiger charge is -2.27. The van der Waals surface area contributed by atoms with Crippen molar-refractivity contribution in [3.8, 4) is 0 Å². The molecule has 29 heavy (non-hydrogen) atoms. The van der Waals surface area contributed by atoms with E-state index in [1.807, 2.05) is 17.2 Å². The van der Waals surface area contributed by atoms with Gasteiger partial charge in [-0.15, -0.1) is 11.3 Å². The minimum absolute atomic E-state index is 0.0771. The number of nitrogens with one attached hydrogen (secondary N) is 1. The van der Waals surface area contributed by atoms with Gasteiger partial charge in [-0.2, -0.15) is 13.2 Å². The molecule has 1 aliphatic heterocycles. The Kier molecular flexibility index (Phi) is 6.70. The predicted molar refractivity (Wildman–Crippen MR) is 110 cm³/mol. The monoisotopic (exact) mass is 446 g/mol. The number of amides is 1. The molecule has 2 aromatic rings. The Morgan fingerprint density at radius 1 is 1.28 bits per heavy atom. The van der Waals surface area contributed by atoms with E-state index in [2.05, 4.69) is 15.2 Å². The summed E-state index contributed by atoms with van der Waals surface area (Å²) in [4.78, 5) is 21.4. The van der Waals surface area contributed by atoms with E-state index in [4.69, 9.17) is 11.6 Å². The van der Waals surface area contributed by atoms with Gasteiger partial charge < -0.3 is 10.2 Å². The molecular weight excluding hydrogens is 425 g/mol. The first-order valence-electron chi connectivity index (χ1n) is 9.24. The molecule has 0 bridgehead atoms. The van der Waals surface area contributed by atoms with Crippen molar-refractivity contribution in [1.29, 1.82) is 0 Å². The molecule has 1 N–H and O–H groups in total. The van der Waals surface area contributed by atoms with Crippen LogP contribution >= 0.6 is 22.9 Å². The topological polar surface area (TPSA) is 48.5 Å². The molecule has 1 unspecified atom stereocenters. The van der Waals surface area contributed by atoms with E-state index in [0.29, 0.717) is 6.54 Å². The molecular formula is C19H22ClF3N4OS. The minimum atomic E-state index is -4.58. The van der Waals surface area contributed by atoms with Crippen LogP contribution in [-0.2, 0) is 11.0 Å². The number of thiazole rings is 1. The Hall–Kier alpha value is -1.84. The highest BCUT2D eigenvalue weighted by atomic mass is 35.5. The molecule has 1 atom stereocenters. The van der Waals surface area contributed by atoms with Crippen molar-refractivity contribution in [2.75, 3.05) is 36.4 Å². The van der Waals surface area contributed by atoms with Crippen LogP contribution in [0.3, 0.4) is 0 Å². The third-order valence-corrected chi connectivity index (χ3v) is 6.22. The summed E-state index contributed by atoms with van der Waals surface area (Å²) < 4.78 is 39.1. The second-order valence-corrected chi connectivity index (χ2v) is 8.25. The number of hydrogen-bond donors (Lipinski definition) is 1. The number of hydrogen-bond acceptors (Lipinski definition) is 5. The largest absolute Gasteiger partial charge is 0.417 e. The fourth-order valence-corrected chi connectivity index (χ4v) is 4.32. The van der Waals surface area contributed by atoms with E-state index in [0.717, 1.165) is 49.0 Å². The van der Waals surface area contributed by atoms with Crippen LogP contribution < -0.4 is 10.2 Å². The zero-order chi connectivity index (χ0) is 21.2. The van der Waals surface area contributed by atoms with Crippen molar-refractivity contribution < 1.29 is 18.0 Å².